The SMILES string of the molecule is Cc1cc(Nc2cc(C)c(F)cn2)nc(-c2cnc(C3(O)CCC(C(=O)O)C(C)(C)C3)s2)c1. The highest BCUT2D eigenvalue weighted by atomic mass is 32.1. The summed E-state index contributed by atoms with van der Waals surface area (Å²) in [5.74, 6) is -0.617. The second kappa shape index (κ2) is 8.46. The van der Waals surface area contributed by atoms with Gasteiger partial charge in [0.05, 0.1) is 22.7 Å². The number of thiazole rings is 1. The first-order valence-corrected chi connectivity index (χ1v) is 11.6. The molecule has 1 saturated carbocycles. The van der Waals surface area contributed by atoms with Crippen LogP contribution in [0.3, 0.4) is 0 Å². The number of aliphatic carboxylic acids is 1. The molecular weight excluding hydrogens is 443 g/mol. The highest BCUT2D eigenvalue weighted by Gasteiger charge is 2.49. The van der Waals surface area contributed by atoms with Gasteiger partial charge in [0.25, 0.3) is 0 Å². The zero-order chi connectivity index (χ0) is 24.0. The molecule has 4 rings (SSSR count). The van der Waals surface area contributed by atoms with Crippen molar-refractivity contribution in [3.8, 4) is 10.6 Å². The van der Waals surface area contributed by atoms with Gasteiger partial charge in [0.2, 0.25) is 0 Å². The number of anilines is 2. The van der Waals surface area contributed by atoms with Gasteiger partial charge in [-0.1, -0.05) is 13.8 Å². The minimum absolute atomic E-state index is 0.327. The third kappa shape index (κ3) is 4.74. The number of nitrogens with zero attached hydrogens (tertiary/aromatic N) is 3. The van der Waals surface area contributed by atoms with Gasteiger partial charge in [0, 0.05) is 6.20 Å². The first-order valence-electron chi connectivity index (χ1n) is 10.8. The van der Waals surface area contributed by atoms with E-state index in [-0.39, 0.29) is 5.82 Å². The molecule has 7 nitrogen and oxygen atoms in total. The molecule has 0 radical (unpaired) electrons. The largest absolute Gasteiger partial charge is 0.481 e. The Kier molecular flexibility index (Phi) is 5.96. The van der Waals surface area contributed by atoms with Crippen molar-refractivity contribution in [2.75, 3.05) is 5.32 Å². The summed E-state index contributed by atoms with van der Waals surface area (Å²) in [7, 11) is 0. The molecule has 3 heterocycles. The van der Waals surface area contributed by atoms with Gasteiger partial charge < -0.3 is 15.5 Å². The maximum absolute atomic E-state index is 13.5. The quantitative estimate of drug-likeness (QED) is 0.470. The van der Waals surface area contributed by atoms with Gasteiger partial charge >= 0.3 is 5.97 Å². The molecule has 2 unspecified atom stereocenters. The number of rotatable bonds is 5. The molecule has 0 aliphatic heterocycles. The maximum atomic E-state index is 13.5. The number of nitrogens with one attached hydrogen (secondary N) is 1. The van der Waals surface area contributed by atoms with Crippen LogP contribution in [0.5, 0.6) is 0 Å². The lowest BCUT2D eigenvalue weighted by Crippen LogP contribution is -2.44. The fourth-order valence-electron chi connectivity index (χ4n) is 4.58. The van der Waals surface area contributed by atoms with E-state index in [1.807, 2.05) is 32.9 Å². The zero-order valence-electron chi connectivity index (χ0n) is 19.0. The molecule has 0 bridgehead atoms. The van der Waals surface area contributed by atoms with Crippen LogP contribution >= 0.6 is 11.3 Å². The van der Waals surface area contributed by atoms with Crippen molar-refractivity contribution in [3.63, 3.8) is 0 Å². The Labute approximate surface area is 195 Å². The molecule has 3 aromatic rings. The van der Waals surface area contributed by atoms with E-state index in [0.29, 0.717) is 47.2 Å². The summed E-state index contributed by atoms with van der Waals surface area (Å²) in [4.78, 5) is 25.6. The number of aromatic nitrogens is 3. The van der Waals surface area contributed by atoms with Gasteiger partial charge in [-0.2, -0.15) is 0 Å². The number of hydrogen-bond donors (Lipinski definition) is 3. The fraction of sp³-hybridized carbons (Fsp3) is 0.417. The van der Waals surface area contributed by atoms with Gasteiger partial charge in [-0.3, -0.25) is 4.79 Å². The monoisotopic (exact) mass is 470 g/mol. The minimum Gasteiger partial charge on any atom is -0.481 e. The Morgan fingerprint density at radius 2 is 1.94 bits per heavy atom. The number of aryl methyl sites for hydroxylation is 2. The summed E-state index contributed by atoms with van der Waals surface area (Å²) >= 11 is 1.37. The summed E-state index contributed by atoms with van der Waals surface area (Å²) < 4.78 is 13.5. The lowest BCUT2D eigenvalue weighted by molar-refractivity contribution is -0.154. The average Bonchev–Trinajstić information content (AvgIpc) is 3.20. The summed E-state index contributed by atoms with van der Waals surface area (Å²) in [6, 6.07) is 5.42. The zero-order valence-corrected chi connectivity index (χ0v) is 19.8. The van der Waals surface area contributed by atoms with Crippen LogP contribution in [0.2, 0.25) is 0 Å². The molecular formula is C24H27FN4O3S. The first-order chi connectivity index (χ1) is 15.5. The summed E-state index contributed by atoms with van der Waals surface area (Å²) in [5, 5.41) is 24.6. The molecule has 3 aromatic heterocycles. The Hall–Kier alpha value is -2.91. The van der Waals surface area contributed by atoms with Gasteiger partial charge in [-0.05, 0) is 67.9 Å². The average molecular weight is 471 g/mol. The number of carbonyl (C=O) groups is 1. The Balaban J connectivity index is 1.59. The molecule has 0 saturated heterocycles. The van der Waals surface area contributed by atoms with Crippen molar-refractivity contribution < 1.29 is 19.4 Å². The number of hydrogen-bond acceptors (Lipinski definition) is 7. The highest BCUT2D eigenvalue weighted by molar-refractivity contribution is 7.15. The van der Waals surface area contributed by atoms with Crippen LogP contribution in [0, 0.1) is 31.0 Å². The van der Waals surface area contributed by atoms with Gasteiger partial charge in [-0.15, -0.1) is 11.3 Å². The molecule has 1 fully saturated rings. The third-order valence-electron chi connectivity index (χ3n) is 6.27. The van der Waals surface area contributed by atoms with E-state index in [1.165, 1.54) is 17.5 Å². The molecule has 0 spiro atoms. The number of halogens is 1. The lowest BCUT2D eigenvalue weighted by atomic mass is 9.63. The Morgan fingerprint density at radius 3 is 2.61 bits per heavy atom. The van der Waals surface area contributed by atoms with E-state index >= 15 is 0 Å². The van der Waals surface area contributed by atoms with Gasteiger partial charge in [-0.25, -0.2) is 19.3 Å². The third-order valence-corrected chi connectivity index (χ3v) is 7.48. The molecule has 0 amide bonds. The molecule has 3 N–H and O–H groups in total. The van der Waals surface area contributed by atoms with E-state index in [2.05, 4.69) is 20.3 Å². The van der Waals surface area contributed by atoms with Gasteiger partial charge in [0.15, 0.2) is 0 Å². The minimum atomic E-state index is -1.17. The Morgan fingerprint density at radius 1 is 1.18 bits per heavy atom. The highest BCUT2D eigenvalue weighted by Crippen LogP contribution is 2.50. The fourth-order valence-corrected chi connectivity index (χ4v) is 5.58. The molecule has 174 valence electrons. The molecule has 2 atom stereocenters. The van der Waals surface area contributed by atoms with Crippen LogP contribution < -0.4 is 5.32 Å². The van der Waals surface area contributed by atoms with Crippen molar-refractivity contribution in [1.29, 1.82) is 0 Å². The molecule has 0 aromatic carbocycles. The van der Waals surface area contributed by atoms with Gasteiger partial charge in [0.1, 0.15) is 28.1 Å². The van der Waals surface area contributed by atoms with E-state index in [0.717, 1.165) is 10.4 Å². The van der Waals surface area contributed by atoms with Crippen LogP contribution in [0.4, 0.5) is 16.0 Å². The molecule has 1 aliphatic carbocycles. The lowest BCUT2D eigenvalue weighted by Gasteiger charge is -2.44. The first kappa shape index (κ1) is 23.3. The van der Waals surface area contributed by atoms with E-state index < -0.39 is 22.9 Å². The second-order valence-electron chi connectivity index (χ2n) is 9.51. The number of carboxylic acids is 1. The van der Waals surface area contributed by atoms with E-state index in [1.54, 1.807) is 19.2 Å². The number of carboxylic acid groups (broad SMARTS) is 1. The standard InChI is InChI=1S/C24H27FN4O3S/c1-13-7-17(28-20(8-13)29-19-9-14(2)16(25)10-26-19)18-11-27-22(33-18)24(32)6-5-15(21(30)31)23(3,4)12-24/h7-11,15,32H,5-6,12H2,1-4H3,(H,30,31)(H,26,28,29). The Bertz CT molecular complexity index is 1210. The molecule has 33 heavy (non-hydrogen) atoms. The predicted molar refractivity (Wildman–Crippen MR) is 125 cm³/mol. The maximum Gasteiger partial charge on any atom is 0.307 e. The van der Waals surface area contributed by atoms with Crippen LogP contribution in [-0.4, -0.2) is 31.1 Å². The van der Waals surface area contributed by atoms with Crippen LogP contribution in [0.15, 0.2) is 30.6 Å². The summed E-state index contributed by atoms with van der Waals surface area (Å²) in [5.41, 5.74) is 0.434. The topological polar surface area (TPSA) is 108 Å². The predicted octanol–water partition coefficient (Wildman–Crippen LogP) is 5.20. The van der Waals surface area contributed by atoms with E-state index in [9.17, 15) is 19.4 Å². The molecule has 9 heteroatoms. The van der Waals surface area contributed by atoms with Crippen molar-refractivity contribution in [2.45, 2.75) is 52.6 Å². The number of pyridine rings is 2. The van der Waals surface area contributed by atoms with Crippen LogP contribution in [-0.2, 0) is 10.4 Å². The molecule has 1 aliphatic rings. The van der Waals surface area contributed by atoms with Crippen molar-refractivity contribution in [1.82, 2.24) is 15.0 Å². The normalized spacial score (nSPS) is 22.2. The van der Waals surface area contributed by atoms with Crippen molar-refractivity contribution in [2.24, 2.45) is 11.3 Å². The van der Waals surface area contributed by atoms with Crippen LogP contribution in [0.1, 0.15) is 49.2 Å². The van der Waals surface area contributed by atoms with Crippen molar-refractivity contribution in [3.05, 3.63) is 52.5 Å². The second-order valence-corrected chi connectivity index (χ2v) is 10.5. The summed E-state index contributed by atoms with van der Waals surface area (Å²) in [6.45, 7) is 7.39. The van der Waals surface area contributed by atoms with Crippen molar-refractivity contribution >= 4 is 28.9 Å². The summed E-state index contributed by atoms with van der Waals surface area (Å²) in [6.07, 6.45) is 3.94. The van der Waals surface area contributed by atoms with E-state index in [4.69, 9.17) is 0 Å². The van der Waals surface area contributed by atoms with Crippen LogP contribution in [0.25, 0.3) is 10.6 Å². The number of aliphatic hydroxyl groups is 1. The smallest absolute Gasteiger partial charge is 0.307 e.